The van der Waals surface area contributed by atoms with E-state index in [4.69, 9.17) is 5.84 Å². The van der Waals surface area contributed by atoms with E-state index < -0.39 is 0 Å². The molecule has 19 heavy (non-hydrogen) atoms. The van der Waals surface area contributed by atoms with Crippen molar-refractivity contribution >= 4 is 38.5 Å². The highest BCUT2D eigenvalue weighted by Gasteiger charge is 2.18. The maximum Gasteiger partial charge on any atom is 0.0474 e. The number of nitrogens with two attached hydrogens (primary N) is 1. The largest absolute Gasteiger partial charge is 0.271 e. The number of unbranched alkanes of at least 4 members (excludes halogenated alkanes) is 1. The third-order valence-electron chi connectivity index (χ3n) is 3.65. The quantitative estimate of drug-likeness (QED) is 0.334. The van der Waals surface area contributed by atoms with Crippen LogP contribution in [0.1, 0.15) is 57.6 Å². The molecule has 0 aliphatic heterocycles. The van der Waals surface area contributed by atoms with Crippen LogP contribution in [0.3, 0.4) is 0 Å². The van der Waals surface area contributed by atoms with Gasteiger partial charge in [-0.1, -0.05) is 55.5 Å². The number of hydrogen-bond acceptors (Lipinski definition) is 2. The van der Waals surface area contributed by atoms with Crippen molar-refractivity contribution in [1.29, 1.82) is 0 Å². The van der Waals surface area contributed by atoms with Crippen LogP contribution in [0.4, 0.5) is 0 Å². The molecule has 108 valence electrons. The second kappa shape index (κ2) is 9.32. The van der Waals surface area contributed by atoms with Gasteiger partial charge in [-0.05, 0) is 58.7 Å². The molecular weight excluding hydrogens is 415 g/mol. The van der Waals surface area contributed by atoms with Crippen molar-refractivity contribution in [1.82, 2.24) is 5.43 Å². The molecule has 0 aliphatic carbocycles. The molecule has 0 saturated carbocycles. The summed E-state index contributed by atoms with van der Waals surface area (Å²) in [6.45, 7) is 4.53. The van der Waals surface area contributed by atoms with Crippen LogP contribution in [0.2, 0.25) is 0 Å². The van der Waals surface area contributed by atoms with Gasteiger partial charge in [0.2, 0.25) is 0 Å². The lowest BCUT2D eigenvalue weighted by atomic mass is 9.89. The van der Waals surface area contributed by atoms with E-state index in [0.29, 0.717) is 0 Å². The average Bonchev–Trinajstić information content (AvgIpc) is 2.42. The van der Waals surface area contributed by atoms with Crippen molar-refractivity contribution in [2.45, 2.75) is 52.0 Å². The fraction of sp³-hybridized carbons (Fsp3) is 0.600. The summed E-state index contributed by atoms with van der Waals surface area (Å²) in [4.78, 5) is 0. The zero-order valence-electron chi connectivity index (χ0n) is 11.8. The van der Waals surface area contributed by atoms with Crippen LogP contribution >= 0.6 is 38.5 Å². The van der Waals surface area contributed by atoms with E-state index in [-0.39, 0.29) is 6.04 Å². The highest BCUT2D eigenvalue weighted by atomic mass is 127. The zero-order valence-corrected chi connectivity index (χ0v) is 15.5. The minimum atomic E-state index is 0.228. The lowest BCUT2D eigenvalue weighted by Gasteiger charge is -2.23. The van der Waals surface area contributed by atoms with E-state index in [9.17, 15) is 0 Å². The smallest absolute Gasteiger partial charge is 0.0474 e. The number of nitrogens with one attached hydrogen (secondary N) is 1. The first kappa shape index (κ1) is 17.4. The van der Waals surface area contributed by atoms with E-state index in [1.165, 1.54) is 34.8 Å². The first-order valence-electron chi connectivity index (χ1n) is 7.03. The average molecular weight is 439 g/mol. The maximum absolute atomic E-state index is 5.78. The van der Waals surface area contributed by atoms with Crippen molar-refractivity contribution in [3.8, 4) is 0 Å². The molecule has 1 aromatic rings. The molecule has 0 radical (unpaired) electrons. The zero-order chi connectivity index (χ0) is 14.3. The summed E-state index contributed by atoms with van der Waals surface area (Å²) < 4.78 is 2.39. The summed E-state index contributed by atoms with van der Waals surface area (Å²) in [5.74, 6) is 6.52. The number of halogens is 2. The van der Waals surface area contributed by atoms with Crippen LogP contribution in [0.15, 0.2) is 22.7 Å². The van der Waals surface area contributed by atoms with Crippen LogP contribution in [-0.4, -0.2) is 0 Å². The third kappa shape index (κ3) is 5.69. The van der Waals surface area contributed by atoms with Gasteiger partial charge in [0, 0.05) is 14.1 Å². The summed E-state index contributed by atoms with van der Waals surface area (Å²) in [5.41, 5.74) is 4.26. The van der Waals surface area contributed by atoms with E-state index in [0.717, 1.165) is 16.8 Å². The SMILES string of the molecule is CCCCC(CC)CC(NN)c1cc(I)ccc1Br. The molecule has 0 aromatic heterocycles. The summed E-state index contributed by atoms with van der Waals surface area (Å²) >= 11 is 5.99. The molecule has 4 heteroatoms. The van der Waals surface area contributed by atoms with E-state index in [1.807, 2.05) is 0 Å². The van der Waals surface area contributed by atoms with Gasteiger partial charge in [-0.25, -0.2) is 0 Å². The Labute approximate surface area is 139 Å². The van der Waals surface area contributed by atoms with Gasteiger partial charge in [-0.2, -0.15) is 0 Å². The molecule has 1 aromatic carbocycles. The fourth-order valence-corrected chi connectivity index (χ4v) is 3.42. The number of hydrazine groups is 1. The fourth-order valence-electron chi connectivity index (χ4n) is 2.38. The molecule has 2 nitrogen and oxygen atoms in total. The van der Waals surface area contributed by atoms with Crippen LogP contribution in [0.25, 0.3) is 0 Å². The van der Waals surface area contributed by atoms with E-state index in [1.54, 1.807) is 0 Å². The first-order valence-corrected chi connectivity index (χ1v) is 8.90. The Bertz CT molecular complexity index is 384. The molecule has 3 N–H and O–H groups in total. The molecule has 0 bridgehead atoms. The van der Waals surface area contributed by atoms with Gasteiger partial charge in [0.25, 0.3) is 0 Å². The Morgan fingerprint density at radius 3 is 2.68 bits per heavy atom. The van der Waals surface area contributed by atoms with E-state index >= 15 is 0 Å². The van der Waals surface area contributed by atoms with Crippen molar-refractivity contribution in [2.75, 3.05) is 0 Å². The Balaban J connectivity index is 2.78. The molecule has 0 amide bonds. The highest BCUT2D eigenvalue weighted by molar-refractivity contribution is 14.1. The lowest BCUT2D eigenvalue weighted by molar-refractivity contribution is 0.355. The summed E-state index contributed by atoms with van der Waals surface area (Å²) in [5, 5.41) is 0. The van der Waals surface area contributed by atoms with Gasteiger partial charge in [-0.3, -0.25) is 11.3 Å². The molecule has 0 spiro atoms. The topological polar surface area (TPSA) is 38.0 Å². The minimum absolute atomic E-state index is 0.228. The first-order chi connectivity index (χ1) is 9.12. The Morgan fingerprint density at radius 1 is 1.37 bits per heavy atom. The molecule has 0 saturated heterocycles. The van der Waals surface area contributed by atoms with Crippen molar-refractivity contribution < 1.29 is 0 Å². The van der Waals surface area contributed by atoms with Crippen LogP contribution in [-0.2, 0) is 0 Å². The van der Waals surface area contributed by atoms with Gasteiger partial charge in [0.05, 0.1) is 0 Å². The molecule has 0 heterocycles. The van der Waals surface area contributed by atoms with Crippen LogP contribution in [0, 0.1) is 9.49 Å². The van der Waals surface area contributed by atoms with Crippen molar-refractivity contribution in [3.63, 3.8) is 0 Å². The summed E-state index contributed by atoms with van der Waals surface area (Å²) in [7, 11) is 0. The van der Waals surface area contributed by atoms with Gasteiger partial charge in [-0.15, -0.1) is 0 Å². The summed E-state index contributed by atoms with van der Waals surface area (Å²) in [6, 6.07) is 6.65. The normalized spacial score (nSPS) is 14.4. The van der Waals surface area contributed by atoms with Crippen molar-refractivity contribution in [2.24, 2.45) is 11.8 Å². The molecule has 0 fully saturated rings. The predicted octanol–water partition coefficient (Wildman–Crippen LogP) is 5.16. The van der Waals surface area contributed by atoms with Crippen LogP contribution in [0.5, 0.6) is 0 Å². The van der Waals surface area contributed by atoms with Gasteiger partial charge in [0.15, 0.2) is 0 Å². The third-order valence-corrected chi connectivity index (χ3v) is 5.04. The predicted molar refractivity (Wildman–Crippen MR) is 94.8 cm³/mol. The number of rotatable bonds is 8. The van der Waals surface area contributed by atoms with Gasteiger partial charge >= 0.3 is 0 Å². The molecule has 2 atom stereocenters. The van der Waals surface area contributed by atoms with E-state index in [2.05, 4.69) is 76.0 Å². The molecule has 0 aliphatic rings. The second-order valence-corrected chi connectivity index (χ2v) is 7.14. The van der Waals surface area contributed by atoms with Gasteiger partial charge in [0.1, 0.15) is 0 Å². The molecule has 1 rings (SSSR count). The number of benzene rings is 1. The lowest BCUT2D eigenvalue weighted by Crippen LogP contribution is -2.30. The maximum atomic E-state index is 5.78. The monoisotopic (exact) mass is 438 g/mol. The van der Waals surface area contributed by atoms with Crippen molar-refractivity contribution in [3.05, 3.63) is 31.8 Å². The Kier molecular flexibility index (Phi) is 8.53. The number of hydrogen-bond donors (Lipinski definition) is 2. The minimum Gasteiger partial charge on any atom is -0.271 e. The second-order valence-electron chi connectivity index (χ2n) is 5.04. The van der Waals surface area contributed by atoms with Gasteiger partial charge < -0.3 is 0 Å². The Hall–Kier alpha value is 0.350. The Morgan fingerprint density at radius 2 is 2.11 bits per heavy atom. The highest BCUT2D eigenvalue weighted by Crippen LogP contribution is 2.31. The standard InChI is InChI=1S/C15H24BrIN2/c1-3-5-6-11(4-2)9-15(19-18)13-10-12(17)7-8-14(13)16/h7-8,10-11,15,19H,3-6,9,18H2,1-2H3. The molecule has 2 unspecified atom stereocenters. The van der Waals surface area contributed by atoms with Crippen LogP contribution < -0.4 is 11.3 Å². The summed E-state index contributed by atoms with van der Waals surface area (Å²) in [6.07, 6.45) is 6.20. The molecular formula is C15H24BrIN2.